The Kier molecular flexibility index (Phi) is 6.60. The Morgan fingerprint density at radius 3 is 2.53 bits per heavy atom. The molecule has 5 rings (SSSR count). The fourth-order valence-corrected chi connectivity index (χ4v) is 5.66. The number of likely N-dealkylation sites (tertiary alicyclic amines) is 1. The second-order valence-electron chi connectivity index (χ2n) is 10.6. The monoisotopic (exact) mass is 539 g/mol. The summed E-state index contributed by atoms with van der Waals surface area (Å²) in [5.74, 6) is -1.56. The number of hydrogen-bond donors (Lipinski definition) is 3. The number of amides is 2. The van der Waals surface area contributed by atoms with Crippen molar-refractivity contribution in [2.24, 2.45) is 5.92 Å². The quantitative estimate of drug-likeness (QED) is 0.502. The number of pyridine rings is 1. The van der Waals surface area contributed by atoms with Crippen molar-refractivity contribution in [3.8, 4) is 17.1 Å². The van der Waals surface area contributed by atoms with E-state index in [1.807, 2.05) is 0 Å². The lowest BCUT2D eigenvalue weighted by atomic mass is 9.78. The fourth-order valence-electron chi connectivity index (χ4n) is 5.66. The smallest absolute Gasteiger partial charge is 0.417 e. The van der Waals surface area contributed by atoms with Crippen LogP contribution in [0.1, 0.15) is 61.9 Å². The molecule has 0 unspecified atom stereocenters. The van der Waals surface area contributed by atoms with E-state index in [0.717, 1.165) is 19.0 Å². The van der Waals surface area contributed by atoms with E-state index >= 15 is 0 Å². The minimum absolute atomic E-state index is 0.0320. The van der Waals surface area contributed by atoms with Crippen LogP contribution in [0.5, 0.6) is 5.88 Å². The molecule has 2 amide bonds. The minimum atomic E-state index is -4.71. The van der Waals surface area contributed by atoms with Gasteiger partial charge in [-0.25, -0.2) is 9.37 Å². The van der Waals surface area contributed by atoms with Crippen LogP contribution >= 0.6 is 0 Å². The van der Waals surface area contributed by atoms with Crippen molar-refractivity contribution >= 4 is 11.8 Å². The SMILES string of the molecule is COc1cc(-c2cc(C(=O)N3CC[C@@H](NC(=O)[C@H]4CC[C@@](O)(C(F)(F)F)CC4)CC34CC4)n[nH]2)c(F)cn1. The normalized spacial score (nSPS) is 26.7. The molecule has 3 heterocycles. The first-order valence-corrected chi connectivity index (χ1v) is 12.6. The number of aliphatic hydroxyl groups is 1. The molecule has 0 radical (unpaired) electrons. The van der Waals surface area contributed by atoms with Crippen molar-refractivity contribution in [3.63, 3.8) is 0 Å². The van der Waals surface area contributed by atoms with E-state index in [-0.39, 0.29) is 47.8 Å². The van der Waals surface area contributed by atoms with Crippen molar-refractivity contribution in [2.45, 2.75) is 74.7 Å². The van der Waals surface area contributed by atoms with Crippen LogP contribution in [0.25, 0.3) is 11.3 Å². The minimum Gasteiger partial charge on any atom is -0.481 e. The van der Waals surface area contributed by atoms with Gasteiger partial charge in [-0.3, -0.25) is 14.7 Å². The molecule has 13 heteroatoms. The predicted molar refractivity (Wildman–Crippen MR) is 125 cm³/mol. The molecule has 2 aliphatic carbocycles. The molecule has 2 aromatic rings. The summed E-state index contributed by atoms with van der Waals surface area (Å²) in [7, 11) is 1.41. The van der Waals surface area contributed by atoms with Gasteiger partial charge < -0.3 is 20.1 Å². The third-order valence-electron chi connectivity index (χ3n) is 8.16. The molecule has 0 bridgehead atoms. The van der Waals surface area contributed by atoms with Crippen molar-refractivity contribution < 1.29 is 37.0 Å². The summed E-state index contributed by atoms with van der Waals surface area (Å²) in [6.45, 7) is 0.377. The van der Waals surface area contributed by atoms with Gasteiger partial charge >= 0.3 is 6.18 Å². The van der Waals surface area contributed by atoms with Gasteiger partial charge in [-0.1, -0.05) is 0 Å². The average molecular weight is 540 g/mol. The van der Waals surface area contributed by atoms with Crippen LogP contribution in [0.15, 0.2) is 18.3 Å². The molecule has 3 fully saturated rings. The maximum absolute atomic E-state index is 14.3. The molecule has 1 atom stereocenters. The number of methoxy groups -OCH3 is 1. The zero-order valence-corrected chi connectivity index (χ0v) is 20.8. The largest absolute Gasteiger partial charge is 0.481 e. The number of H-pyrrole nitrogens is 1. The van der Waals surface area contributed by atoms with Gasteiger partial charge in [0, 0.05) is 35.7 Å². The number of nitrogens with one attached hydrogen (secondary N) is 2. The van der Waals surface area contributed by atoms with Crippen molar-refractivity contribution in [2.75, 3.05) is 13.7 Å². The molecule has 38 heavy (non-hydrogen) atoms. The highest BCUT2D eigenvalue weighted by Crippen LogP contribution is 2.49. The molecule has 0 aromatic carbocycles. The van der Waals surface area contributed by atoms with Gasteiger partial charge in [-0.2, -0.15) is 18.3 Å². The van der Waals surface area contributed by atoms with Crippen molar-refractivity contribution in [3.05, 3.63) is 29.8 Å². The third-order valence-corrected chi connectivity index (χ3v) is 8.16. The lowest BCUT2D eigenvalue weighted by molar-refractivity contribution is -0.271. The fraction of sp³-hybridized carbons (Fsp3) is 0.600. The second kappa shape index (κ2) is 9.51. The van der Waals surface area contributed by atoms with Crippen LogP contribution in [-0.4, -0.2) is 74.0 Å². The van der Waals surface area contributed by atoms with E-state index in [2.05, 4.69) is 20.5 Å². The zero-order chi connectivity index (χ0) is 27.3. The van der Waals surface area contributed by atoms with Crippen LogP contribution in [0.3, 0.4) is 0 Å². The standard InChI is InChI=1S/C25H29F4N5O4/c1-38-20-10-16(17(26)13-30-20)18-11-19(33-32-18)22(36)34-9-4-15(12-23(34)7-8-23)31-21(35)14-2-5-24(37,6-3-14)25(27,28)29/h10-11,13-15,37H,2-9,12H2,1H3,(H,31,35)(H,32,33)/t14-,15-,24-/m1/s1. The van der Waals surface area contributed by atoms with Gasteiger partial charge in [0.15, 0.2) is 17.1 Å². The summed E-state index contributed by atoms with van der Waals surface area (Å²) < 4.78 is 58.5. The summed E-state index contributed by atoms with van der Waals surface area (Å²) >= 11 is 0. The number of aromatic amines is 1. The topological polar surface area (TPSA) is 120 Å². The Morgan fingerprint density at radius 2 is 1.89 bits per heavy atom. The Hall–Kier alpha value is -3.22. The molecule has 1 spiro atoms. The number of nitrogens with zero attached hydrogens (tertiary/aromatic N) is 3. The van der Waals surface area contributed by atoms with Gasteiger partial charge in [0.1, 0.15) is 0 Å². The molecular formula is C25H29F4N5O4. The first-order valence-electron chi connectivity index (χ1n) is 12.6. The van der Waals surface area contributed by atoms with Gasteiger partial charge in [0.05, 0.1) is 19.0 Å². The molecule has 1 saturated heterocycles. The molecule has 3 N–H and O–H groups in total. The number of hydrogen-bond acceptors (Lipinski definition) is 6. The van der Waals surface area contributed by atoms with Gasteiger partial charge in [0.25, 0.3) is 5.91 Å². The van der Waals surface area contributed by atoms with E-state index < -0.39 is 41.9 Å². The Morgan fingerprint density at radius 1 is 1.18 bits per heavy atom. The van der Waals surface area contributed by atoms with E-state index in [1.165, 1.54) is 19.2 Å². The molecule has 3 aliphatic rings. The lowest BCUT2D eigenvalue weighted by Crippen LogP contribution is -2.55. The molecule has 1 aliphatic heterocycles. The maximum atomic E-state index is 14.3. The number of rotatable bonds is 5. The highest BCUT2D eigenvalue weighted by Gasteiger charge is 2.56. The van der Waals surface area contributed by atoms with E-state index in [4.69, 9.17) is 4.74 Å². The van der Waals surface area contributed by atoms with Crippen LogP contribution in [0, 0.1) is 11.7 Å². The molecule has 9 nitrogen and oxygen atoms in total. The highest BCUT2D eigenvalue weighted by molar-refractivity contribution is 5.94. The van der Waals surface area contributed by atoms with Crippen LogP contribution in [0.2, 0.25) is 0 Å². The summed E-state index contributed by atoms with van der Waals surface area (Å²) in [5.41, 5.74) is -2.52. The van der Waals surface area contributed by atoms with Gasteiger partial charge in [-0.05, 0) is 57.4 Å². The van der Waals surface area contributed by atoms with Crippen LogP contribution < -0.4 is 10.1 Å². The Balaban J connectivity index is 1.20. The highest BCUT2D eigenvalue weighted by atomic mass is 19.4. The molecule has 206 valence electrons. The zero-order valence-electron chi connectivity index (χ0n) is 20.8. The number of alkyl halides is 3. The number of carbonyl (C=O) groups excluding carboxylic acids is 2. The third kappa shape index (κ3) is 4.83. The molecule has 2 aromatic heterocycles. The van der Waals surface area contributed by atoms with E-state index in [9.17, 15) is 32.3 Å². The summed E-state index contributed by atoms with van der Waals surface area (Å²) in [6, 6.07) is 2.68. The van der Waals surface area contributed by atoms with Crippen molar-refractivity contribution in [1.82, 2.24) is 25.4 Å². The van der Waals surface area contributed by atoms with Crippen molar-refractivity contribution in [1.29, 1.82) is 0 Å². The first-order chi connectivity index (χ1) is 17.9. The first kappa shape index (κ1) is 26.4. The second-order valence-corrected chi connectivity index (χ2v) is 10.6. The van der Waals surface area contributed by atoms with Gasteiger partial charge in [-0.15, -0.1) is 0 Å². The predicted octanol–water partition coefficient (Wildman–Crippen LogP) is 3.36. The van der Waals surface area contributed by atoms with Crippen LogP contribution in [0.4, 0.5) is 17.6 Å². The summed E-state index contributed by atoms with van der Waals surface area (Å²) in [4.78, 5) is 31.7. The number of piperidine rings is 1. The Labute approximate surface area is 215 Å². The number of ether oxygens (including phenoxy) is 1. The summed E-state index contributed by atoms with van der Waals surface area (Å²) in [6.07, 6.45) is -2.17. The van der Waals surface area contributed by atoms with E-state index in [0.29, 0.717) is 25.1 Å². The number of aromatic nitrogens is 3. The van der Waals surface area contributed by atoms with Gasteiger partial charge in [0.2, 0.25) is 11.8 Å². The number of carbonyl (C=O) groups is 2. The lowest BCUT2D eigenvalue weighted by Gasteiger charge is -2.41. The van der Waals surface area contributed by atoms with E-state index in [1.54, 1.807) is 4.90 Å². The maximum Gasteiger partial charge on any atom is 0.417 e. The van der Waals surface area contributed by atoms with Crippen LogP contribution in [-0.2, 0) is 4.79 Å². The summed E-state index contributed by atoms with van der Waals surface area (Å²) in [5, 5.41) is 19.6. The number of halogens is 4. The molecule has 2 saturated carbocycles. The Bertz CT molecular complexity index is 1220. The molecular weight excluding hydrogens is 510 g/mol. The average Bonchev–Trinajstić information content (AvgIpc) is 3.45.